The van der Waals surface area contributed by atoms with Crippen LogP contribution in [0.5, 0.6) is 0 Å². The Balaban J connectivity index is 4.17. The highest BCUT2D eigenvalue weighted by molar-refractivity contribution is 5.88. The van der Waals surface area contributed by atoms with Crippen LogP contribution in [-0.4, -0.2) is 13.1 Å². The molecular formula is C7H9NO3. The molecule has 0 spiro atoms. The molecule has 0 heterocycles. The molecule has 60 valence electrons. The lowest BCUT2D eigenvalue weighted by Crippen LogP contribution is -2.06. The van der Waals surface area contributed by atoms with Crippen molar-refractivity contribution in [2.24, 2.45) is 0 Å². The fourth-order valence-corrected chi connectivity index (χ4v) is 0.512. The maximum absolute atomic E-state index is 10.8. The van der Waals surface area contributed by atoms with Gasteiger partial charge in [-0.05, 0) is 6.42 Å². The minimum atomic E-state index is -0.614. The van der Waals surface area contributed by atoms with Crippen LogP contribution in [0.4, 0.5) is 0 Å². The normalized spacial score (nSPS) is 10.5. The van der Waals surface area contributed by atoms with E-state index in [0.29, 0.717) is 12.0 Å². The fourth-order valence-electron chi connectivity index (χ4n) is 0.512. The van der Waals surface area contributed by atoms with Gasteiger partial charge in [0.05, 0.1) is 18.8 Å². The fraction of sp³-hybridized carbons (Fsp3) is 0.429. The number of carbonyl (C=O) groups excluding carboxylic acids is 1. The zero-order valence-corrected chi connectivity index (χ0v) is 6.46. The van der Waals surface area contributed by atoms with E-state index in [9.17, 15) is 4.79 Å². The minimum Gasteiger partial charge on any atom is -0.293 e. The van der Waals surface area contributed by atoms with Gasteiger partial charge in [-0.15, -0.1) is 0 Å². The first-order chi connectivity index (χ1) is 5.26. The third-order valence-corrected chi connectivity index (χ3v) is 1.04. The second kappa shape index (κ2) is 5.45. The van der Waals surface area contributed by atoms with E-state index < -0.39 is 5.97 Å². The summed E-state index contributed by atoms with van der Waals surface area (Å²) in [5.74, 6) is -0.614. The van der Waals surface area contributed by atoms with Gasteiger partial charge in [0.15, 0.2) is 0 Å². The molecule has 0 aliphatic carbocycles. The number of allylic oxidation sites excluding steroid dienone is 1. The van der Waals surface area contributed by atoms with Gasteiger partial charge >= 0.3 is 5.97 Å². The van der Waals surface area contributed by atoms with Gasteiger partial charge in [0.1, 0.15) is 0 Å². The number of carbonyl (C=O) groups is 1. The molecule has 0 unspecified atom stereocenters. The Morgan fingerprint density at radius 1 is 1.73 bits per heavy atom. The van der Waals surface area contributed by atoms with Crippen molar-refractivity contribution in [2.45, 2.75) is 13.3 Å². The third kappa shape index (κ3) is 3.38. The Kier molecular flexibility index (Phi) is 4.78. The lowest BCUT2D eigenvalue weighted by Gasteiger charge is -1.98. The van der Waals surface area contributed by atoms with Crippen LogP contribution in [0, 0.1) is 11.3 Å². The quantitative estimate of drug-likeness (QED) is 0.263. The maximum atomic E-state index is 10.8. The molecule has 4 nitrogen and oxygen atoms in total. The van der Waals surface area contributed by atoms with Crippen molar-refractivity contribution >= 4 is 5.97 Å². The summed E-state index contributed by atoms with van der Waals surface area (Å²) < 4.78 is 0. The lowest BCUT2D eigenvalue weighted by molar-refractivity contribution is -0.250. The molecule has 0 aromatic heterocycles. The van der Waals surface area contributed by atoms with E-state index in [1.807, 2.05) is 0 Å². The van der Waals surface area contributed by atoms with Gasteiger partial charge in [-0.3, -0.25) is 4.89 Å². The summed E-state index contributed by atoms with van der Waals surface area (Å²) in [6.45, 7) is 1.75. The zero-order chi connectivity index (χ0) is 8.69. The average molecular weight is 155 g/mol. The van der Waals surface area contributed by atoms with Gasteiger partial charge in [-0.25, -0.2) is 4.79 Å². The first-order valence-electron chi connectivity index (χ1n) is 3.09. The van der Waals surface area contributed by atoms with E-state index in [2.05, 4.69) is 9.78 Å². The van der Waals surface area contributed by atoms with Crippen LogP contribution in [0.25, 0.3) is 0 Å². The number of rotatable bonds is 3. The molecule has 4 heteroatoms. The summed E-state index contributed by atoms with van der Waals surface area (Å²) in [6, 6.07) is 1.74. The second-order valence-corrected chi connectivity index (χ2v) is 1.69. The van der Waals surface area contributed by atoms with Crippen molar-refractivity contribution in [1.29, 1.82) is 5.26 Å². The zero-order valence-electron chi connectivity index (χ0n) is 6.46. The van der Waals surface area contributed by atoms with Crippen LogP contribution < -0.4 is 0 Å². The van der Waals surface area contributed by atoms with E-state index in [4.69, 9.17) is 5.26 Å². The van der Waals surface area contributed by atoms with Gasteiger partial charge in [0.25, 0.3) is 0 Å². The van der Waals surface area contributed by atoms with Crippen LogP contribution in [-0.2, 0) is 14.6 Å². The lowest BCUT2D eigenvalue weighted by atomic mass is 10.2. The third-order valence-electron chi connectivity index (χ3n) is 1.04. The number of nitrogens with zero attached hydrogens (tertiary/aromatic N) is 1. The van der Waals surface area contributed by atoms with Crippen molar-refractivity contribution < 1.29 is 14.6 Å². The highest BCUT2D eigenvalue weighted by Gasteiger charge is 2.08. The van der Waals surface area contributed by atoms with Crippen LogP contribution in [0.15, 0.2) is 11.6 Å². The molecule has 0 radical (unpaired) electrons. The summed E-state index contributed by atoms with van der Waals surface area (Å²) in [6.07, 6.45) is 1.59. The van der Waals surface area contributed by atoms with Gasteiger partial charge in [-0.1, -0.05) is 6.92 Å². The number of hydrogen-bond acceptors (Lipinski definition) is 4. The SMILES string of the molecule is CC/C(=C/C#N)C(=O)OOC. The second-order valence-electron chi connectivity index (χ2n) is 1.69. The standard InChI is InChI=1S/C7H9NO3/c1-3-6(4-5-8)7(9)11-10-2/h4H,3H2,1-2H3/b6-4-. The minimum absolute atomic E-state index is 0.300. The van der Waals surface area contributed by atoms with E-state index in [-0.39, 0.29) is 0 Å². The van der Waals surface area contributed by atoms with Crippen LogP contribution in [0.1, 0.15) is 13.3 Å². The van der Waals surface area contributed by atoms with Crippen molar-refractivity contribution in [1.82, 2.24) is 0 Å². The Morgan fingerprint density at radius 2 is 2.36 bits per heavy atom. The monoisotopic (exact) mass is 155 g/mol. The topological polar surface area (TPSA) is 59.3 Å². The predicted octanol–water partition coefficient (Wildman–Crippen LogP) is 0.951. The Labute approximate surface area is 64.9 Å². The molecule has 0 N–H and O–H groups in total. The van der Waals surface area contributed by atoms with Gasteiger partial charge in [0, 0.05) is 6.08 Å². The largest absolute Gasteiger partial charge is 0.369 e. The molecule has 0 saturated carbocycles. The molecular weight excluding hydrogens is 146 g/mol. The molecule has 0 rings (SSSR count). The molecule has 0 amide bonds. The molecule has 0 aromatic rings. The first-order valence-corrected chi connectivity index (χ1v) is 3.09. The highest BCUT2D eigenvalue weighted by atomic mass is 17.2. The molecule has 0 aliphatic heterocycles. The van der Waals surface area contributed by atoms with Gasteiger partial charge in [-0.2, -0.15) is 10.1 Å². The van der Waals surface area contributed by atoms with Crippen LogP contribution >= 0.6 is 0 Å². The van der Waals surface area contributed by atoms with Crippen LogP contribution in [0.3, 0.4) is 0 Å². The van der Waals surface area contributed by atoms with Gasteiger partial charge in [0.2, 0.25) is 0 Å². The summed E-state index contributed by atoms with van der Waals surface area (Å²) in [4.78, 5) is 19.1. The smallest absolute Gasteiger partial charge is 0.293 e. The summed E-state index contributed by atoms with van der Waals surface area (Å²) in [5, 5.41) is 8.21. The van der Waals surface area contributed by atoms with E-state index in [0.717, 1.165) is 6.08 Å². The van der Waals surface area contributed by atoms with Crippen molar-refractivity contribution in [2.75, 3.05) is 7.11 Å². The average Bonchev–Trinajstić information content (AvgIpc) is 2.00. The molecule has 0 fully saturated rings. The number of nitriles is 1. The molecule has 0 aliphatic rings. The van der Waals surface area contributed by atoms with E-state index >= 15 is 0 Å². The molecule has 11 heavy (non-hydrogen) atoms. The van der Waals surface area contributed by atoms with Crippen molar-refractivity contribution in [3.8, 4) is 6.07 Å². The van der Waals surface area contributed by atoms with E-state index in [1.165, 1.54) is 7.11 Å². The molecule has 0 aromatic carbocycles. The Morgan fingerprint density at radius 3 is 2.73 bits per heavy atom. The first kappa shape index (κ1) is 9.66. The summed E-state index contributed by atoms with van der Waals surface area (Å²) in [7, 11) is 1.23. The van der Waals surface area contributed by atoms with Crippen molar-refractivity contribution in [3.05, 3.63) is 11.6 Å². The molecule has 0 atom stereocenters. The van der Waals surface area contributed by atoms with Gasteiger partial charge < -0.3 is 0 Å². The number of hydrogen-bond donors (Lipinski definition) is 0. The molecule has 0 saturated heterocycles. The Hall–Kier alpha value is -1.34. The van der Waals surface area contributed by atoms with Crippen LogP contribution in [0.2, 0.25) is 0 Å². The summed E-state index contributed by atoms with van der Waals surface area (Å²) in [5.41, 5.74) is 0.300. The highest BCUT2D eigenvalue weighted by Crippen LogP contribution is 2.02. The molecule has 0 bridgehead atoms. The maximum Gasteiger partial charge on any atom is 0.369 e. The predicted molar refractivity (Wildman–Crippen MR) is 37.1 cm³/mol. The van der Waals surface area contributed by atoms with E-state index in [1.54, 1.807) is 13.0 Å². The summed E-state index contributed by atoms with van der Waals surface area (Å²) >= 11 is 0. The van der Waals surface area contributed by atoms with Crippen molar-refractivity contribution in [3.63, 3.8) is 0 Å². The Bertz CT molecular complexity index is 202.